The molecule has 0 heterocycles. The van der Waals surface area contributed by atoms with Gasteiger partial charge in [-0.2, -0.15) is 0 Å². The molecule has 1 N–H and O–H groups in total. The summed E-state index contributed by atoms with van der Waals surface area (Å²) in [4.78, 5) is 12.7. The molecule has 0 saturated carbocycles. The van der Waals surface area contributed by atoms with Gasteiger partial charge in [0, 0.05) is 5.69 Å². The van der Waals surface area contributed by atoms with E-state index < -0.39 is 0 Å². The van der Waals surface area contributed by atoms with Crippen molar-refractivity contribution in [2.75, 3.05) is 5.32 Å². The van der Waals surface area contributed by atoms with Crippen LogP contribution < -0.4 is 10.1 Å². The van der Waals surface area contributed by atoms with Crippen LogP contribution in [0.25, 0.3) is 0 Å². The third-order valence-electron chi connectivity index (χ3n) is 4.09. The van der Waals surface area contributed by atoms with Crippen molar-refractivity contribution in [1.82, 2.24) is 0 Å². The molecule has 0 aliphatic heterocycles. The molecule has 0 aliphatic rings. The summed E-state index contributed by atoms with van der Waals surface area (Å²) in [5, 5.41) is 3.46. The van der Waals surface area contributed by atoms with E-state index in [4.69, 9.17) is 4.74 Å². The molecular weight excluding hydrogens is 310 g/mol. The lowest BCUT2D eigenvalue weighted by atomic mass is 9.94. The van der Waals surface area contributed by atoms with Gasteiger partial charge in [0.1, 0.15) is 5.75 Å². The predicted octanol–water partition coefficient (Wildman–Crippen LogP) is 5.08. The van der Waals surface area contributed by atoms with Crippen molar-refractivity contribution in [3.63, 3.8) is 0 Å². The van der Waals surface area contributed by atoms with Crippen LogP contribution in [0.2, 0.25) is 0 Å². The van der Waals surface area contributed by atoms with Gasteiger partial charge < -0.3 is 10.1 Å². The largest absolute Gasteiger partial charge is 0.426 e. The molecular formula is C22H21NO2. The molecule has 2 atom stereocenters. The molecule has 0 bridgehead atoms. The highest BCUT2D eigenvalue weighted by molar-refractivity contribution is 5.76. The molecule has 3 nitrogen and oxygen atoms in total. The third-order valence-corrected chi connectivity index (χ3v) is 4.09. The van der Waals surface area contributed by atoms with E-state index in [0.717, 1.165) is 11.3 Å². The summed E-state index contributed by atoms with van der Waals surface area (Å²) in [6, 6.07) is 28.8. The molecule has 3 rings (SSSR count). The van der Waals surface area contributed by atoms with Crippen LogP contribution in [0.1, 0.15) is 18.5 Å². The first kappa shape index (κ1) is 16.8. The standard InChI is InChI=1S/C22H21NO2/c1-17(22(24)25-20-15-9-4-10-16-20)21(18-11-5-2-6-12-18)23-19-13-7-3-8-14-19/h2-17,21,23H,1H3/t17-,21+/m1/s1. The Labute approximate surface area is 148 Å². The number of carbonyl (C=O) groups is 1. The number of carbonyl (C=O) groups excluding carboxylic acids is 1. The molecule has 0 amide bonds. The van der Waals surface area contributed by atoms with Gasteiger partial charge in [0.25, 0.3) is 0 Å². The Hall–Kier alpha value is -3.07. The Bertz CT molecular complexity index is 788. The SMILES string of the molecule is C[C@@H](C(=O)Oc1ccccc1)[C@H](Nc1ccccc1)c1ccccc1. The lowest BCUT2D eigenvalue weighted by Crippen LogP contribution is -2.28. The van der Waals surface area contributed by atoms with Crippen LogP contribution in [0.15, 0.2) is 91.0 Å². The number of anilines is 1. The lowest BCUT2D eigenvalue weighted by Gasteiger charge is -2.25. The zero-order valence-corrected chi connectivity index (χ0v) is 14.1. The van der Waals surface area contributed by atoms with Gasteiger partial charge in [-0.1, -0.05) is 66.7 Å². The highest BCUT2D eigenvalue weighted by Crippen LogP contribution is 2.28. The number of hydrogen-bond acceptors (Lipinski definition) is 3. The second-order valence-electron chi connectivity index (χ2n) is 5.92. The fraction of sp³-hybridized carbons (Fsp3) is 0.136. The van der Waals surface area contributed by atoms with E-state index in [2.05, 4.69) is 5.32 Å². The average Bonchev–Trinajstić information content (AvgIpc) is 2.68. The molecule has 0 aromatic heterocycles. The second-order valence-corrected chi connectivity index (χ2v) is 5.92. The summed E-state index contributed by atoms with van der Waals surface area (Å²) in [5.74, 6) is -0.0582. The van der Waals surface area contributed by atoms with Crippen molar-refractivity contribution in [2.24, 2.45) is 5.92 Å². The molecule has 0 radical (unpaired) electrons. The number of esters is 1. The monoisotopic (exact) mass is 331 g/mol. The lowest BCUT2D eigenvalue weighted by molar-refractivity contribution is -0.138. The van der Waals surface area contributed by atoms with Gasteiger partial charge in [0.05, 0.1) is 12.0 Å². The number of nitrogens with one attached hydrogen (secondary N) is 1. The quantitative estimate of drug-likeness (QED) is 0.505. The third kappa shape index (κ3) is 4.48. The van der Waals surface area contributed by atoms with Crippen LogP contribution in [-0.2, 0) is 4.79 Å². The molecule has 3 aromatic rings. The normalized spacial score (nSPS) is 12.8. The average molecular weight is 331 g/mol. The minimum Gasteiger partial charge on any atom is -0.426 e. The molecule has 0 spiro atoms. The predicted molar refractivity (Wildman–Crippen MR) is 100 cm³/mol. The minimum absolute atomic E-state index is 0.181. The second kappa shape index (κ2) is 8.15. The summed E-state index contributed by atoms with van der Waals surface area (Å²) in [7, 11) is 0. The van der Waals surface area contributed by atoms with E-state index in [1.165, 1.54) is 0 Å². The van der Waals surface area contributed by atoms with Crippen LogP contribution in [0.4, 0.5) is 5.69 Å². The number of para-hydroxylation sites is 2. The van der Waals surface area contributed by atoms with E-state index in [1.54, 1.807) is 12.1 Å². The van der Waals surface area contributed by atoms with Crippen molar-refractivity contribution >= 4 is 11.7 Å². The number of hydrogen-bond donors (Lipinski definition) is 1. The summed E-state index contributed by atoms with van der Waals surface area (Å²) >= 11 is 0. The molecule has 0 saturated heterocycles. The first-order valence-electron chi connectivity index (χ1n) is 8.37. The maximum atomic E-state index is 12.7. The van der Waals surface area contributed by atoms with Crippen molar-refractivity contribution < 1.29 is 9.53 Å². The van der Waals surface area contributed by atoms with E-state index in [-0.39, 0.29) is 17.9 Å². The molecule has 3 aromatic carbocycles. The van der Waals surface area contributed by atoms with Gasteiger partial charge in [0.15, 0.2) is 0 Å². The van der Waals surface area contributed by atoms with E-state index in [1.807, 2.05) is 85.8 Å². The zero-order valence-electron chi connectivity index (χ0n) is 14.1. The smallest absolute Gasteiger partial charge is 0.316 e. The summed E-state index contributed by atoms with van der Waals surface area (Å²) in [5.41, 5.74) is 2.01. The van der Waals surface area contributed by atoms with Gasteiger partial charge in [-0.15, -0.1) is 0 Å². The number of ether oxygens (including phenoxy) is 1. The maximum Gasteiger partial charge on any atom is 0.316 e. The maximum absolute atomic E-state index is 12.7. The molecule has 126 valence electrons. The van der Waals surface area contributed by atoms with Crippen molar-refractivity contribution in [3.8, 4) is 5.75 Å². The Morgan fingerprint density at radius 1 is 0.800 bits per heavy atom. The van der Waals surface area contributed by atoms with E-state index in [0.29, 0.717) is 5.75 Å². The Morgan fingerprint density at radius 3 is 1.92 bits per heavy atom. The van der Waals surface area contributed by atoms with Crippen LogP contribution in [0.5, 0.6) is 5.75 Å². The van der Waals surface area contributed by atoms with E-state index in [9.17, 15) is 4.79 Å². The van der Waals surface area contributed by atoms with Gasteiger partial charge in [0.2, 0.25) is 0 Å². The summed E-state index contributed by atoms with van der Waals surface area (Å²) in [6.07, 6.45) is 0. The summed E-state index contributed by atoms with van der Waals surface area (Å²) < 4.78 is 5.54. The Balaban J connectivity index is 1.81. The van der Waals surface area contributed by atoms with Gasteiger partial charge in [-0.25, -0.2) is 0 Å². The van der Waals surface area contributed by atoms with Crippen LogP contribution >= 0.6 is 0 Å². The highest BCUT2D eigenvalue weighted by atomic mass is 16.5. The number of benzene rings is 3. The summed E-state index contributed by atoms with van der Waals surface area (Å²) in [6.45, 7) is 1.89. The minimum atomic E-state index is -0.359. The molecule has 0 unspecified atom stereocenters. The highest BCUT2D eigenvalue weighted by Gasteiger charge is 2.27. The van der Waals surface area contributed by atoms with Crippen molar-refractivity contribution in [3.05, 3.63) is 96.6 Å². The fourth-order valence-electron chi connectivity index (χ4n) is 2.71. The first-order chi connectivity index (χ1) is 12.2. The first-order valence-corrected chi connectivity index (χ1v) is 8.37. The van der Waals surface area contributed by atoms with Crippen molar-refractivity contribution in [2.45, 2.75) is 13.0 Å². The van der Waals surface area contributed by atoms with Crippen LogP contribution in [0, 0.1) is 5.92 Å². The molecule has 0 fully saturated rings. The number of rotatable bonds is 6. The Morgan fingerprint density at radius 2 is 1.32 bits per heavy atom. The topological polar surface area (TPSA) is 38.3 Å². The van der Waals surface area contributed by atoms with Gasteiger partial charge >= 0.3 is 5.97 Å². The fourth-order valence-corrected chi connectivity index (χ4v) is 2.71. The van der Waals surface area contributed by atoms with Crippen molar-refractivity contribution in [1.29, 1.82) is 0 Å². The van der Waals surface area contributed by atoms with Crippen LogP contribution in [0.3, 0.4) is 0 Å². The van der Waals surface area contributed by atoms with Gasteiger partial charge in [-0.3, -0.25) is 4.79 Å². The van der Waals surface area contributed by atoms with Crippen LogP contribution in [-0.4, -0.2) is 5.97 Å². The molecule has 3 heteroatoms. The zero-order chi connectivity index (χ0) is 17.5. The Kier molecular flexibility index (Phi) is 5.47. The van der Waals surface area contributed by atoms with E-state index >= 15 is 0 Å². The van der Waals surface area contributed by atoms with Gasteiger partial charge in [-0.05, 0) is 36.8 Å². The molecule has 0 aliphatic carbocycles. The molecule has 25 heavy (non-hydrogen) atoms.